The Bertz CT molecular complexity index is 1280. The van der Waals surface area contributed by atoms with E-state index in [1.807, 2.05) is 25.1 Å². The van der Waals surface area contributed by atoms with Crippen molar-refractivity contribution in [3.63, 3.8) is 0 Å². The molecule has 6 atom stereocenters. The molecule has 2 saturated carbocycles. The van der Waals surface area contributed by atoms with Gasteiger partial charge in [0.25, 0.3) is 0 Å². The lowest BCUT2D eigenvalue weighted by molar-refractivity contribution is -0.194. The van der Waals surface area contributed by atoms with Gasteiger partial charge in [0.2, 0.25) is 0 Å². The minimum Gasteiger partial charge on any atom is -0.507 e. The number of Topliss-reactive ketones (excluding diaryl/α,β-unsaturated/α-hetero) is 4. The summed E-state index contributed by atoms with van der Waals surface area (Å²) in [6, 6.07) is 11.5. The fraction of sp³-hybridized carbons (Fsp3) is 0.448. The second-order valence-electron chi connectivity index (χ2n) is 10.7. The lowest BCUT2D eigenvalue weighted by atomic mass is 9.52. The third-order valence-corrected chi connectivity index (χ3v) is 8.55. The van der Waals surface area contributed by atoms with Crippen molar-refractivity contribution in [1.29, 1.82) is 0 Å². The Morgan fingerprint density at radius 1 is 1.03 bits per heavy atom. The molecule has 2 aromatic rings. The van der Waals surface area contributed by atoms with E-state index in [1.54, 1.807) is 0 Å². The van der Waals surface area contributed by atoms with Gasteiger partial charge in [-0.15, -0.1) is 0 Å². The van der Waals surface area contributed by atoms with Crippen LogP contribution in [0.3, 0.4) is 0 Å². The fourth-order valence-corrected chi connectivity index (χ4v) is 6.65. The van der Waals surface area contributed by atoms with Crippen molar-refractivity contribution in [3.8, 4) is 5.75 Å². The Hall–Kier alpha value is -3.16. The number of fused-ring (bicyclic) bond motifs is 3. The predicted molar refractivity (Wildman–Crippen MR) is 130 cm³/mol. The summed E-state index contributed by atoms with van der Waals surface area (Å²) in [7, 11) is 0. The molecule has 0 heterocycles. The third-order valence-electron chi connectivity index (χ3n) is 8.55. The van der Waals surface area contributed by atoms with E-state index < -0.39 is 58.5 Å². The van der Waals surface area contributed by atoms with Gasteiger partial charge >= 0.3 is 0 Å². The Morgan fingerprint density at radius 2 is 1.72 bits per heavy atom. The van der Waals surface area contributed by atoms with Crippen LogP contribution in [0.5, 0.6) is 5.75 Å². The molecule has 0 amide bonds. The molecule has 3 aliphatic rings. The standard InChI is InChI=1S/C29H30O7/c1-14-3-5-16(6-4-14)7-8-17-9-10-21(31)25-20(17)12-18-11-19-13-22(32)23(15(2)30)27(34)29(19,36)28(35)24(18)26(25)33/h3-6,9-10,18-19,23-24,28,31,35-36H,7-8,11-13H2,1-2H3/t18-,19+,23?,24?,28?,29-/m1/s1. The zero-order valence-electron chi connectivity index (χ0n) is 20.4. The van der Waals surface area contributed by atoms with E-state index in [0.29, 0.717) is 12.8 Å². The molecule has 0 saturated heterocycles. The smallest absolute Gasteiger partial charge is 0.185 e. The summed E-state index contributed by atoms with van der Waals surface area (Å²) in [6.07, 6.45) is 0.0158. The largest absolute Gasteiger partial charge is 0.507 e. The normalized spacial score (nSPS) is 31.4. The van der Waals surface area contributed by atoms with Gasteiger partial charge in [-0.1, -0.05) is 35.9 Å². The SMILES string of the molecule is CC(=O)C1C(=O)C[C@@H]2C[C@@H]3Cc4c(CCc5ccc(C)cc5)ccc(O)c4C(=O)C3C(O)[C@]2(O)C1=O. The van der Waals surface area contributed by atoms with Gasteiger partial charge < -0.3 is 15.3 Å². The number of aliphatic hydroxyl groups is 2. The molecule has 0 spiro atoms. The van der Waals surface area contributed by atoms with E-state index in [1.165, 1.54) is 11.6 Å². The lowest BCUT2D eigenvalue weighted by Crippen LogP contribution is -2.69. The second-order valence-corrected chi connectivity index (χ2v) is 10.7. The minimum absolute atomic E-state index is 0.126. The van der Waals surface area contributed by atoms with E-state index in [4.69, 9.17) is 0 Å². The highest BCUT2D eigenvalue weighted by atomic mass is 16.4. The second kappa shape index (κ2) is 8.75. The van der Waals surface area contributed by atoms with Crippen LogP contribution in [0.25, 0.3) is 0 Å². The number of carbonyl (C=O) groups is 4. The average molecular weight is 491 g/mol. The van der Waals surface area contributed by atoms with E-state index in [2.05, 4.69) is 12.1 Å². The van der Waals surface area contributed by atoms with E-state index in [-0.39, 0.29) is 24.2 Å². The van der Waals surface area contributed by atoms with Crippen LogP contribution in [0.15, 0.2) is 36.4 Å². The number of ketones is 4. The molecule has 0 radical (unpaired) electrons. The molecule has 0 aliphatic heterocycles. The molecule has 7 nitrogen and oxygen atoms in total. The van der Waals surface area contributed by atoms with Gasteiger partial charge in [-0.3, -0.25) is 19.2 Å². The summed E-state index contributed by atoms with van der Waals surface area (Å²) in [4.78, 5) is 51.4. The van der Waals surface area contributed by atoms with Crippen molar-refractivity contribution in [1.82, 2.24) is 0 Å². The van der Waals surface area contributed by atoms with E-state index >= 15 is 0 Å². The van der Waals surface area contributed by atoms with Crippen LogP contribution in [-0.2, 0) is 33.6 Å². The van der Waals surface area contributed by atoms with Gasteiger partial charge in [-0.25, -0.2) is 0 Å². The fourth-order valence-electron chi connectivity index (χ4n) is 6.65. The van der Waals surface area contributed by atoms with Gasteiger partial charge in [0, 0.05) is 12.3 Å². The van der Waals surface area contributed by atoms with Gasteiger partial charge in [-0.2, -0.15) is 0 Å². The molecule has 188 valence electrons. The van der Waals surface area contributed by atoms with Crippen molar-refractivity contribution < 1.29 is 34.5 Å². The number of rotatable bonds is 4. The highest BCUT2D eigenvalue weighted by Crippen LogP contribution is 2.52. The number of hydrogen-bond acceptors (Lipinski definition) is 7. The van der Waals surface area contributed by atoms with Crippen LogP contribution in [0.4, 0.5) is 0 Å². The predicted octanol–water partition coefficient (Wildman–Crippen LogP) is 2.32. The Morgan fingerprint density at radius 3 is 2.39 bits per heavy atom. The highest BCUT2D eigenvalue weighted by molar-refractivity contribution is 6.23. The molecule has 7 heteroatoms. The number of aromatic hydroxyl groups is 1. The van der Waals surface area contributed by atoms with Crippen LogP contribution in [-0.4, -0.2) is 50.2 Å². The van der Waals surface area contributed by atoms with E-state index in [9.17, 15) is 34.5 Å². The number of carbonyl (C=O) groups excluding carboxylic acids is 4. The molecule has 3 N–H and O–H groups in total. The third kappa shape index (κ3) is 3.64. The Labute approximate surface area is 209 Å². The van der Waals surface area contributed by atoms with Crippen molar-refractivity contribution >= 4 is 23.1 Å². The van der Waals surface area contributed by atoms with Crippen LogP contribution >= 0.6 is 0 Å². The highest BCUT2D eigenvalue weighted by Gasteiger charge is 2.65. The summed E-state index contributed by atoms with van der Waals surface area (Å²) in [5.41, 5.74) is 1.75. The van der Waals surface area contributed by atoms with Crippen molar-refractivity contribution in [2.75, 3.05) is 0 Å². The van der Waals surface area contributed by atoms with Gasteiger partial charge in [-0.05, 0) is 68.2 Å². The first-order chi connectivity index (χ1) is 17.0. The molecule has 5 rings (SSSR count). The molecule has 2 aromatic carbocycles. The molecule has 0 aromatic heterocycles. The van der Waals surface area contributed by atoms with Crippen molar-refractivity contribution in [3.05, 3.63) is 64.2 Å². The number of aryl methyl sites for hydroxylation is 3. The maximum Gasteiger partial charge on any atom is 0.185 e. The van der Waals surface area contributed by atoms with Gasteiger partial charge in [0.05, 0.1) is 11.5 Å². The molecule has 36 heavy (non-hydrogen) atoms. The summed E-state index contributed by atoms with van der Waals surface area (Å²) >= 11 is 0. The maximum absolute atomic E-state index is 13.7. The summed E-state index contributed by atoms with van der Waals surface area (Å²) in [5, 5.41) is 33.3. The Balaban J connectivity index is 1.49. The number of phenolic OH excluding ortho intramolecular Hbond substituents is 1. The van der Waals surface area contributed by atoms with Crippen LogP contribution in [0, 0.1) is 30.6 Å². The van der Waals surface area contributed by atoms with Crippen LogP contribution in [0.1, 0.15) is 52.4 Å². The molecule has 2 fully saturated rings. The zero-order valence-corrected chi connectivity index (χ0v) is 20.4. The molecular weight excluding hydrogens is 460 g/mol. The topological polar surface area (TPSA) is 129 Å². The average Bonchev–Trinajstić information content (AvgIpc) is 2.81. The first-order valence-corrected chi connectivity index (χ1v) is 12.4. The van der Waals surface area contributed by atoms with E-state index in [0.717, 1.165) is 30.0 Å². The number of aliphatic hydroxyl groups excluding tert-OH is 1. The molecule has 0 bridgehead atoms. The first kappa shape index (κ1) is 24.5. The van der Waals surface area contributed by atoms with Crippen molar-refractivity contribution in [2.24, 2.45) is 23.7 Å². The van der Waals surface area contributed by atoms with Crippen molar-refractivity contribution in [2.45, 2.75) is 57.7 Å². The van der Waals surface area contributed by atoms with Crippen LogP contribution in [0.2, 0.25) is 0 Å². The Kier molecular flexibility index (Phi) is 5.96. The lowest BCUT2D eigenvalue weighted by Gasteiger charge is -2.53. The number of hydrogen-bond donors (Lipinski definition) is 3. The van der Waals surface area contributed by atoms with Gasteiger partial charge in [0.1, 0.15) is 23.6 Å². The zero-order chi connectivity index (χ0) is 25.9. The summed E-state index contributed by atoms with van der Waals surface area (Å²) < 4.78 is 0. The van der Waals surface area contributed by atoms with Crippen LogP contribution < -0.4 is 0 Å². The maximum atomic E-state index is 13.7. The number of benzene rings is 2. The monoisotopic (exact) mass is 490 g/mol. The summed E-state index contributed by atoms with van der Waals surface area (Å²) in [5.74, 6) is -6.95. The quantitative estimate of drug-likeness (QED) is 0.561. The summed E-state index contributed by atoms with van der Waals surface area (Å²) in [6.45, 7) is 3.13. The molecule has 3 aliphatic carbocycles. The minimum atomic E-state index is -2.35. The first-order valence-electron chi connectivity index (χ1n) is 12.4. The van der Waals surface area contributed by atoms with Gasteiger partial charge in [0.15, 0.2) is 23.0 Å². The number of phenols is 1. The molecule has 3 unspecified atom stereocenters. The molecular formula is C29H30O7.